The molecule has 6 heteroatoms. The number of nitrogens with zero attached hydrogens (tertiary/aromatic N) is 2. The molecule has 1 rings (SSSR count). The summed E-state index contributed by atoms with van der Waals surface area (Å²) in [5.41, 5.74) is 1.21. The van der Waals surface area contributed by atoms with Crippen molar-refractivity contribution in [3.63, 3.8) is 0 Å². The van der Waals surface area contributed by atoms with Crippen LogP contribution >= 0.6 is 24.0 Å². The molecule has 1 aromatic rings. The summed E-state index contributed by atoms with van der Waals surface area (Å²) in [4.78, 5) is 6.94. The topological polar surface area (TPSA) is 48.9 Å². The van der Waals surface area contributed by atoms with Gasteiger partial charge in [0.15, 0.2) is 5.96 Å². The van der Waals surface area contributed by atoms with Gasteiger partial charge >= 0.3 is 0 Å². The molecule has 2 N–H and O–H groups in total. The first-order chi connectivity index (χ1) is 11.2. The van der Waals surface area contributed by atoms with Crippen molar-refractivity contribution in [2.45, 2.75) is 33.2 Å². The van der Waals surface area contributed by atoms with Crippen LogP contribution in [-0.4, -0.2) is 51.9 Å². The summed E-state index contributed by atoms with van der Waals surface area (Å²) in [5, 5.41) is 6.64. The number of nitrogens with one attached hydrogen (secondary N) is 2. The maximum absolute atomic E-state index is 5.35. The Hall–Kier alpha value is -1.02. The van der Waals surface area contributed by atoms with Crippen molar-refractivity contribution in [3.05, 3.63) is 30.3 Å². The van der Waals surface area contributed by atoms with E-state index in [1.54, 1.807) is 0 Å². The molecule has 0 fully saturated rings. The molecule has 0 bridgehead atoms. The average Bonchev–Trinajstić information content (AvgIpc) is 2.59. The summed E-state index contributed by atoms with van der Waals surface area (Å²) in [6.07, 6.45) is 0.984. The molecule has 0 spiro atoms. The minimum absolute atomic E-state index is 0. The summed E-state index contributed by atoms with van der Waals surface area (Å²) >= 11 is 0. The number of halogens is 1. The number of rotatable bonds is 10. The minimum Gasteiger partial charge on any atom is -0.382 e. The highest BCUT2D eigenvalue weighted by Crippen LogP contribution is 2.13. The van der Waals surface area contributed by atoms with Gasteiger partial charge in [-0.15, -0.1) is 24.0 Å². The monoisotopic (exact) mass is 448 g/mol. The van der Waals surface area contributed by atoms with E-state index in [1.165, 1.54) is 5.69 Å². The van der Waals surface area contributed by atoms with Crippen LogP contribution in [-0.2, 0) is 4.74 Å². The van der Waals surface area contributed by atoms with Gasteiger partial charge in [0.25, 0.3) is 0 Å². The zero-order valence-corrected chi connectivity index (χ0v) is 17.7. The Morgan fingerprint density at radius 1 is 1.21 bits per heavy atom. The highest BCUT2D eigenvalue weighted by Gasteiger charge is 2.09. The van der Waals surface area contributed by atoms with E-state index in [0.717, 1.165) is 45.2 Å². The molecule has 0 saturated heterocycles. The second-order valence-electron chi connectivity index (χ2n) is 5.49. The Kier molecular flexibility index (Phi) is 13.7. The van der Waals surface area contributed by atoms with Crippen LogP contribution in [0.15, 0.2) is 35.3 Å². The third kappa shape index (κ3) is 9.32. The third-order valence-electron chi connectivity index (χ3n) is 3.64. The molecule has 0 saturated carbocycles. The molecule has 0 radical (unpaired) electrons. The smallest absolute Gasteiger partial charge is 0.191 e. The Morgan fingerprint density at radius 2 is 1.92 bits per heavy atom. The molecular formula is C18H33IN4O. The highest BCUT2D eigenvalue weighted by molar-refractivity contribution is 14.0. The molecule has 5 nitrogen and oxygen atoms in total. The van der Waals surface area contributed by atoms with Crippen LogP contribution in [0.3, 0.4) is 0 Å². The van der Waals surface area contributed by atoms with Crippen LogP contribution in [0.4, 0.5) is 5.69 Å². The van der Waals surface area contributed by atoms with Gasteiger partial charge in [-0.3, -0.25) is 4.99 Å². The van der Waals surface area contributed by atoms with E-state index in [2.05, 4.69) is 65.7 Å². The van der Waals surface area contributed by atoms with Crippen molar-refractivity contribution in [2.75, 3.05) is 44.8 Å². The number of aliphatic imine (C=N–C) groups is 1. The summed E-state index contributed by atoms with van der Waals surface area (Å²) in [6.45, 7) is 10.3. The Balaban J connectivity index is 0.00000529. The van der Waals surface area contributed by atoms with Crippen molar-refractivity contribution < 1.29 is 4.74 Å². The number of hydrogen-bond acceptors (Lipinski definition) is 3. The van der Waals surface area contributed by atoms with Gasteiger partial charge in [-0.05, 0) is 39.3 Å². The first kappa shape index (κ1) is 23.0. The van der Waals surface area contributed by atoms with Crippen molar-refractivity contribution in [1.29, 1.82) is 0 Å². The van der Waals surface area contributed by atoms with Crippen molar-refractivity contribution >= 4 is 35.6 Å². The lowest BCUT2D eigenvalue weighted by Crippen LogP contribution is -2.39. The predicted molar refractivity (Wildman–Crippen MR) is 115 cm³/mol. The predicted octanol–water partition coefficient (Wildman–Crippen LogP) is 3.11. The van der Waals surface area contributed by atoms with Gasteiger partial charge in [0, 0.05) is 45.1 Å². The number of guanidine groups is 1. The van der Waals surface area contributed by atoms with Crippen LogP contribution in [0.5, 0.6) is 0 Å². The van der Waals surface area contributed by atoms with Gasteiger partial charge in [0.2, 0.25) is 0 Å². The molecule has 24 heavy (non-hydrogen) atoms. The van der Waals surface area contributed by atoms with Gasteiger partial charge < -0.3 is 20.3 Å². The summed E-state index contributed by atoms with van der Waals surface area (Å²) in [6, 6.07) is 10.7. The maximum atomic E-state index is 5.35. The third-order valence-corrected chi connectivity index (χ3v) is 3.64. The lowest BCUT2D eigenvalue weighted by molar-refractivity contribution is 0.145. The van der Waals surface area contributed by atoms with Crippen LogP contribution in [0.2, 0.25) is 0 Å². The standard InChI is InChI=1S/C18H32N4O.HI/c1-5-19-18(20-13-10-14-23-6-2)21-15-16(3)22(4)17-11-8-7-9-12-17;/h7-9,11-12,16H,5-6,10,13-15H2,1-4H3,(H2,19,20,21);1H. The average molecular weight is 448 g/mol. The lowest BCUT2D eigenvalue weighted by atomic mass is 10.2. The number of hydrogen-bond donors (Lipinski definition) is 2. The molecule has 1 unspecified atom stereocenters. The Labute approximate surface area is 164 Å². The minimum atomic E-state index is 0. The molecule has 0 aliphatic carbocycles. The SMILES string of the molecule is CCNC(=NCC(C)N(C)c1ccccc1)NCCCOCC.I. The van der Waals surface area contributed by atoms with Gasteiger partial charge in [-0.2, -0.15) is 0 Å². The van der Waals surface area contributed by atoms with Crippen molar-refractivity contribution in [1.82, 2.24) is 10.6 Å². The summed E-state index contributed by atoms with van der Waals surface area (Å²) in [7, 11) is 2.11. The second-order valence-corrected chi connectivity index (χ2v) is 5.49. The number of ether oxygens (including phenoxy) is 1. The zero-order valence-electron chi connectivity index (χ0n) is 15.4. The highest BCUT2D eigenvalue weighted by atomic mass is 127. The van der Waals surface area contributed by atoms with E-state index in [-0.39, 0.29) is 24.0 Å². The number of benzene rings is 1. The quantitative estimate of drug-likeness (QED) is 0.250. The van der Waals surface area contributed by atoms with Crippen LogP contribution in [0, 0.1) is 0 Å². The van der Waals surface area contributed by atoms with E-state index in [9.17, 15) is 0 Å². The Bertz CT molecular complexity index is 442. The van der Waals surface area contributed by atoms with Gasteiger partial charge in [0.05, 0.1) is 6.54 Å². The molecule has 1 atom stereocenters. The van der Waals surface area contributed by atoms with Gasteiger partial charge in [0.1, 0.15) is 0 Å². The molecule has 0 aliphatic rings. The van der Waals surface area contributed by atoms with Crippen LogP contribution in [0.1, 0.15) is 27.2 Å². The van der Waals surface area contributed by atoms with E-state index < -0.39 is 0 Å². The molecule has 0 heterocycles. The van der Waals surface area contributed by atoms with Crippen molar-refractivity contribution in [2.24, 2.45) is 4.99 Å². The fourth-order valence-electron chi connectivity index (χ4n) is 2.13. The number of likely N-dealkylation sites (N-methyl/N-ethyl adjacent to an activating group) is 1. The first-order valence-corrected chi connectivity index (χ1v) is 8.56. The molecule has 138 valence electrons. The second kappa shape index (κ2) is 14.3. The van der Waals surface area contributed by atoms with E-state index in [4.69, 9.17) is 4.74 Å². The molecule has 0 aromatic heterocycles. The fraction of sp³-hybridized carbons (Fsp3) is 0.611. The van der Waals surface area contributed by atoms with E-state index >= 15 is 0 Å². The number of para-hydroxylation sites is 1. The molecular weight excluding hydrogens is 415 g/mol. The van der Waals surface area contributed by atoms with Gasteiger partial charge in [-0.1, -0.05) is 18.2 Å². The normalized spacial score (nSPS) is 12.2. The number of anilines is 1. The summed E-state index contributed by atoms with van der Waals surface area (Å²) in [5.74, 6) is 0.873. The lowest BCUT2D eigenvalue weighted by Gasteiger charge is -2.26. The zero-order chi connectivity index (χ0) is 16.9. The fourth-order valence-corrected chi connectivity index (χ4v) is 2.13. The van der Waals surface area contributed by atoms with Crippen LogP contribution in [0.25, 0.3) is 0 Å². The van der Waals surface area contributed by atoms with Gasteiger partial charge in [-0.25, -0.2) is 0 Å². The largest absolute Gasteiger partial charge is 0.382 e. The maximum Gasteiger partial charge on any atom is 0.191 e. The van der Waals surface area contributed by atoms with E-state index in [0.29, 0.717) is 6.04 Å². The van der Waals surface area contributed by atoms with Crippen LogP contribution < -0.4 is 15.5 Å². The van der Waals surface area contributed by atoms with E-state index in [1.807, 2.05) is 13.0 Å². The summed E-state index contributed by atoms with van der Waals surface area (Å²) < 4.78 is 5.35. The van der Waals surface area contributed by atoms with Crippen molar-refractivity contribution in [3.8, 4) is 0 Å². The molecule has 0 aliphatic heterocycles. The Morgan fingerprint density at radius 3 is 2.54 bits per heavy atom. The molecule has 0 amide bonds. The first-order valence-electron chi connectivity index (χ1n) is 8.56. The molecule has 1 aromatic carbocycles.